The molecular formula is C24H28F2N2O4. The van der Waals surface area contributed by atoms with E-state index in [1.54, 1.807) is 30.0 Å². The van der Waals surface area contributed by atoms with Gasteiger partial charge in [0.05, 0.1) is 6.61 Å². The Morgan fingerprint density at radius 3 is 2.44 bits per heavy atom. The summed E-state index contributed by atoms with van der Waals surface area (Å²) in [5, 5.41) is 0. The SMILES string of the molecule is CCOc1cc(C(=O)N(C)Cc2ccc(F)cc2F)ccc1OCC(=O)N1CCCCC1. The van der Waals surface area contributed by atoms with Gasteiger partial charge in [-0.3, -0.25) is 9.59 Å². The Balaban J connectivity index is 1.68. The molecule has 0 radical (unpaired) electrons. The van der Waals surface area contributed by atoms with E-state index in [1.165, 1.54) is 18.0 Å². The molecule has 0 atom stereocenters. The Hall–Kier alpha value is -3.16. The molecule has 0 N–H and O–H groups in total. The normalized spacial score (nSPS) is 13.6. The van der Waals surface area contributed by atoms with Crippen LogP contribution in [0.25, 0.3) is 0 Å². The maximum atomic E-state index is 13.9. The summed E-state index contributed by atoms with van der Waals surface area (Å²) in [5.74, 6) is -1.08. The Labute approximate surface area is 186 Å². The van der Waals surface area contributed by atoms with Gasteiger partial charge in [-0.2, -0.15) is 0 Å². The third-order valence-electron chi connectivity index (χ3n) is 5.32. The zero-order valence-electron chi connectivity index (χ0n) is 18.4. The molecule has 2 amide bonds. The predicted octanol–water partition coefficient (Wildman–Crippen LogP) is 4.03. The van der Waals surface area contributed by atoms with E-state index in [-0.39, 0.29) is 30.5 Å². The van der Waals surface area contributed by atoms with Crippen LogP contribution in [0.15, 0.2) is 36.4 Å². The Morgan fingerprint density at radius 1 is 1.00 bits per heavy atom. The van der Waals surface area contributed by atoms with Crippen LogP contribution in [-0.2, 0) is 11.3 Å². The van der Waals surface area contributed by atoms with Crippen LogP contribution in [0.2, 0.25) is 0 Å². The van der Waals surface area contributed by atoms with Crippen molar-refractivity contribution in [3.05, 3.63) is 59.2 Å². The topological polar surface area (TPSA) is 59.1 Å². The number of piperidine rings is 1. The summed E-state index contributed by atoms with van der Waals surface area (Å²) in [5.41, 5.74) is 0.539. The maximum absolute atomic E-state index is 13.9. The second kappa shape index (κ2) is 10.9. The van der Waals surface area contributed by atoms with Crippen molar-refractivity contribution in [1.29, 1.82) is 0 Å². The molecule has 0 aliphatic carbocycles. The number of amides is 2. The summed E-state index contributed by atoms with van der Waals surface area (Å²) in [6.45, 7) is 3.53. The molecule has 6 nitrogen and oxygen atoms in total. The molecule has 172 valence electrons. The van der Waals surface area contributed by atoms with Gasteiger partial charge in [0, 0.05) is 43.9 Å². The van der Waals surface area contributed by atoms with E-state index in [0.29, 0.717) is 23.7 Å². The number of rotatable bonds is 8. The number of hydrogen-bond donors (Lipinski definition) is 0. The number of likely N-dealkylation sites (tertiary alicyclic amines) is 1. The fraction of sp³-hybridized carbons (Fsp3) is 0.417. The lowest BCUT2D eigenvalue weighted by Gasteiger charge is -2.26. The molecule has 1 aliphatic heterocycles. The lowest BCUT2D eigenvalue weighted by Crippen LogP contribution is -2.38. The third-order valence-corrected chi connectivity index (χ3v) is 5.32. The van der Waals surface area contributed by atoms with Crippen molar-refractivity contribution >= 4 is 11.8 Å². The van der Waals surface area contributed by atoms with E-state index in [4.69, 9.17) is 9.47 Å². The number of carbonyl (C=O) groups excluding carboxylic acids is 2. The average Bonchev–Trinajstić information content (AvgIpc) is 2.80. The summed E-state index contributed by atoms with van der Waals surface area (Å²) in [7, 11) is 1.53. The molecule has 1 saturated heterocycles. The van der Waals surface area contributed by atoms with Gasteiger partial charge in [0.15, 0.2) is 18.1 Å². The second-order valence-electron chi connectivity index (χ2n) is 7.72. The summed E-state index contributed by atoms with van der Waals surface area (Å²) in [6.07, 6.45) is 3.14. The van der Waals surface area contributed by atoms with Crippen LogP contribution in [0, 0.1) is 11.6 Å². The van der Waals surface area contributed by atoms with Gasteiger partial charge in [-0.05, 0) is 50.5 Å². The van der Waals surface area contributed by atoms with Crippen LogP contribution < -0.4 is 9.47 Å². The monoisotopic (exact) mass is 446 g/mol. The van der Waals surface area contributed by atoms with E-state index in [1.807, 2.05) is 0 Å². The van der Waals surface area contributed by atoms with Gasteiger partial charge in [-0.15, -0.1) is 0 Å². The molecule has 0 unspecified atom stereocenters. The van der Waals surface area contributed by atoms with Crippen molar-refractivity contribution in [2.75, 3.05) is 33.4 Å². The molecule has 1 heterocycles. The number of hydrogen-bond acceptors (Lipinski definition) is 4. The molecule has 1 aliphatic rings. The molecule has 3 rings (SSSR count). The first-order valence-electron chi connectivity index (χ1n) is 10.8. The second-order valence-corrected chi connectivity index (χ2v) is 7.72. The molecular weight excluding hydrogens is 418 g/mol. The molecule has 1 fully saturated rings. The Morgan fingerprint density at radius 2 is 1.75 bits per heavy atom. The molecule has 2 aromatic carbocycles. The number of carbonyl (C=O) groups is 2. The molecule has 2 aromatic rings. The molecule has 0 aromatic heterocycles. The Bertz CT molecular complexity index is 961. The van der Waals surface area contributed by atoms with Crippen molar-refractivity contribution in [2.24, 2.45) is 0 Å². The predicted molar refractivity (Wildman–Crippen MR) is 116 cm³/mol. The average molecular weight is 446 g/mol. The molecule has 0 spiro atoms. The number of nitrogens with zero attached hydrogens (tertiary/aromatic N) is 2. The number of halogens is 2. The van der Waals surface area contributed by atoms with Crippen LogP contribution in [0.1, 0.15) is 42.1 Å². The highest BCUT2D eigenvalue weighted by molar-refractivity contribution is 5.94. The van der Waals surface area contributed by atoms with Gasteiger partial charge in [0.25, 0.3) is 11.8 Å². The van der Waals surface area contributed by atoms with E-state index < -0.39 is 11.6 Å². The summed E-state index contributed by atoms with van der Waals surface area (Å²) in [6, 6.07) is 7.97. The summed E-state index contributed by atoms with van der Waals surface area (Å²) >= 11 is 0. The van der Waals surface area contributed by atoms with Crippen LogP contribution >= 0.6 is 0 Å². The maximum Gasteiger partial charge on any atom is 0.260 e. The fourth-order valence-electron chi connectivity index (χ4n) is 3.60. The van der Waals surface area contributed by atoms with Crippen LogP contribution in [0.4, 0.5) is 8.78 Å². The first-order chi connectivity index (χ1) is 15.4. The fourth-order valence-corrected chi connectivity index (χ4v) is 3.60. The molecule has 0 saturated carbocycles. The van der Waals surface area contributed by atoms with Gasteiger partial charge in [-0.1, -0.05) is 6.07 Å². The third kappa shape index (κ3) is 5.96. The lowest BCUT2D eigenvalue weighted by molar-refractivity contribution is -0.134. The van der Waals surface area contributed by atoms with E-state index >= 15 is 0 Å². The van der Waals surface area contributed by atoms with Crippen molar-refractivity contribution in [3.8, 4) is 11.5 Å². The highest BCUT2D eigenvalue weighted by atomic mass is 19.1. The van der Waals surface area contributed by atoms with E-state index in [0.717, 1.165) is 44.5 Å². The van der Waals surface area contributed by atoms with E-state index in [2.05, 4.69) is 0 Å². The van der Waals surface area contributed by atoms with Gasteiger partial charge in [0.1, 0.15) is 11.6 Å². The highest BCUT2D eigenvalue weighted by Gasteiger charge is 2.20. The van der Waals surface area contributed by atoms with Crippen LogP contribution in [-0.4, -0.2) is 55.0 Å². The zero-order valence-corrected chi connectivity index (χ0v) is 18.4. The van der Waals surface area contributed by atoms with Crippen LogP contribution in [0.5, 0.6) is 11.5 Å². The molecule has 32 heavy (non-hydrogen) atoms. The van der Waals surface area contributed by atoms with Gasteiger partial charge in [0.2, 0.25) is 0 Å². The van der Waals surface area contributed by atoms with Gasteiger partial charge in [-0.25, -0.2) is 8.78 Å². The van der Waals surface area contributed by atoms with Gasteiger partial charge >= 0.3 is 0 Å². The van der Waals surface area contributed by atoms with Crippen molar-refractivity contribution in [1.82, 2.24) is 9.80 Å². The minimum Gasteiger partial charge on any atom is -0.490 e. The Kier molecular flexibility index (Phi) is 8.03. The lowest BCUT2D eigenvalue weighted by atomic mass is 10.1. The summed E-state index contributed by atoms with van der Waals surface area (Å²) in [4.78, 5) is 28.3. The standard InChI is InChI=1S/C24H28F2N2O4/c1-3-31-22-13-17(24(30)27(2)15-18-7-9-19(25)14-20(18)26)8-10-21(22)32-16-23(29)28-11-5-4-6-12-28/h7-10,13-14H,3-6,11-12,15-16H2,1-2H3. The molecule has 0 bridgehead atoms. The van der Waals surface area contributed by atoms with Crippen molar-refractivity contribution in [2.45, 2.75) is 32.7 Å². The number of benzene rings is 2. The van der Waals surface area contributed by atoms with Crippen molar-refractivity contribution < 1.29 is 27.8 Å². The minimum atomic E-state index is -0.707. The summed E-state index contributed by atoms with van der Waals surface area (Å²) < 4.78 is 38.4. The quantitative estimate of drug-likeness (QED) is 0.615. The smallest absolute Gasteiger partial charge is 0.260 e. The molecule has 8 heteroatoms. The first kappa shape index (κ1) is 23.5. The largest absolute Gasteiger partial charge is 0.490 e. The van der Waals surface area contributed by atoms with Crippen molar-refractivity contribution in [3.63, 3.8) is 0 Å². The van der Waals surface area contributed by atoms with Gasteiger partial charge < -0.3 is 19.3 Å². The first-order valence-corrected chi connectivity index (χ1v) is 10.8. The highest BCUT2D eigenvalue weighted by Crippen LogP contribution is 2.29. The minimum absolute atomic E-state index is 0.0164. The van der Waals surface area contributed by atoms with Crippen LogP contribution in [0.3, 0.4) is 0 Å². The number of ether oxygens (including phenoxy) is 2. The zero-order chi connectivity index (χ0) is 23.1. The van der Waals surface area contributed by atoms with E-state index in [9.17, 15) is 18.4 Å².